The lowest BCUT2D eigenvalue weighted by molar-refractivity contribution is 0.316. The summed E-state index contributed by atoms with van der Waals surface area (Å²) in [6.45, 7) is 6.96. The van der Waals surface area contributed by atoms with E-state index in [1.807, 2.05) is 61.3 Å². The average molecular weight is 311 g/mol. The molecule has 0 saturated heterocycles. The van der Waals surface area contributed by atoms with E-state index in [4.69, 9.17) is 4.52 Å². The van der Waals surface area contributed by atoms with Crippen LogP contribution >= 0.6 is 0 Å². The van der Waals surface area contributed by atoms with Crippen molar-refractivity contribution >= 4 is 0 Å². The molecule has 0 aliphatic carbocycles. The summed E-state index contributed by atoms with van der Waals surface area (Å²) in [6, 6.07) is 10.0. The highest BCUT2D eigenvalue weighted by molar-refractivity contribution is 5.53. The Morgan fingerprint density at radius 1 is 1.22 bits per heavy atom. The maximum absolute atomic E-state index is 5.39. The fourth-order valence-corrected chi connectivity index (χ4v) is 2.51. The fraction of sp³-hybridized carbons (Fsp3) is 0.353. The molecule has 2 atom stereocenters. The Morgan fingerprint density at radius 2 is 2.00 bits per heavy atom. The van der Waals surface area contributed by atoms with Crippen molar-refractivity contribution in [2.24, 2.45) is 0 Å². The predicted octanol–water partition coefficient (Wildman–Crippen LogP) is 2.98. The molecule has 0 unspecified atom stereocenters. The predicted molar refractivity (Wildman–Crippen MR) is 87.7 cm³/mol. The quantitative estimate of drug-likeness (QED) is 0.758. The molecule has 0 radical (unpaired) electrons. The van der Waals surface area contributed by atoms with Crippen molar-refractivity contribution in [3.05, 3.63) is 54.2 Å². The van der Waals surface area contributed by atoms with Crippen molar-refractivity contribution in [3.63, 3.8) is 0 Å². The molecular formula is C17H21N5O. The summed E-state index contributed by atoms with van der Waals surface area (Å²) in [4.78, 5) is 4.48. The van der Waals surface area contributed by atoms with E-state index < -0.39 is 0 Å². The third kappa shape index (κ3) is 3.84. The molecule has 0 aliphatic heterocycles. The lowest BCUT2D eigenvalue weighted by atomic mass is 10.2. The second-order valence-electron chi connectivity index (χ2n) is 5.85. The van der Waals surface area contributed by atoms with Crippen LogP contribution < -0.4 is 5.32 Å². The van der Waals surface area contributed by atoms with Crippen LogP contribution in [-0.2, 0) is 6.54 Å². The van der Waals surface area contributed by atoms with Gasteiger partial charge in [-0.2, -0.15) is 10.1 Å². The van der Waals surface area contributed by atoms with Crippen molar-refractivity contribution in [3.8, 4) is 11.4 Å². The Morgan fingerprint density at radius 3 is 2.70 bits per heavy atom. The molecule has 6 nitrogen and oxygen atoms in total. The standard InChI is InChI=1S/C17H21N5O/c1-12-9-18-22(10-12)11-13(2)19-14(3)17-20-16(21-23-17)15-7-5-4-6-8-15/h4-10,13-14,19H,11H2,1-3H3/t13-,14-/m0/s1. The molecule has 0 aliphatic rings. The molecule has 3 rings (SSSR count). The molecule has 3 aromatic rings. The van der Waals surface area contributed by atoms with Crippen molar-refractivity contribution in [1.82, 2.24) is 25.2 Å². The molecule has 1 aromatic carbocycles. The molecule has 0 spiro atoms. The first-order valence-corrected chi connectivity index (χ1v) is 7.76. The van der Waals surface area contributed by atoms with Crippen LogP contribution in [0.2, 0.25) is 0 Å². The molecule has 2 aromatic heterocycles. The van der Waals surface area contributed by atoms with Gasteiger partial charge in [0.1, 0.15) is 0 Å². The molecule has 6 heteroatoms. The second-order valence-corrected chi connectivity index (χ2v) is 5.85. The van der Waals surface area contributed by atoms with E-state index in [9.17, 15) is 0 Å². The van der Waals surface area contributed by atoms with Crippen LogP contribution in [-0.4, -0.2) is 26.0 Å². The van der Waals surface area contributed by atoms with Crippen LogP contribution in [0.25, 0.3) is 11.4 Å². The molecule has 0 amide bonds. The van der Waals surface area contributed by atoms with Gasteiger partial charge in [0.25, 0.3) is 0 Å². The zero-order chi connectivity index (χ0) is 16.2. The third-order valence-electron chi connectivity index (χ3n) is 3.60. The van der Waals surface area contributed by atoms with Crippen molar-refractivity contribution in [2.75, 3.05) is 0 Å². The number of rotatable bonds is 6. The molecule has 120 valence electrons. The van der Waals surface area contributed by atoms with Gasteiger partial charge in [0, 0.05) is 17.8 Å². The van der Waals surface area contributed by atoms with E-state index in [1.54, 1.807) is 0 Å². The summed E-state index contributed by atoms with van der Waals surface area (Å²) < 4.78 is 7.32. The summed E-state index contributed by atoms with van der Waals surface area (Å²) in [7, 11) is 0. The SMILES string of the molecule is Cc1cnn(C[C@H](C)N[C@@H](C)c2nc(-c3ccccc3)no2)c1. The minimum Gasteiger partial charge on any atom is -0.337 e. The molecule has 23 heavy (non-hydrogen) atoms. The minimum absolute atomic E-state index is 0.0216. The Balaban J connectivity index is 1.62. The number of aryl methyl sites for hydroxylation is 1. The van der Waals surface area contributed by atoms with Crippen molar-refractivity contribution < 1.29 is 4.52 Å². The van der Waals surface area contributed by atoms with Gasteiger partial charge in [0.2, 0.25) is 11.7 Å². The first-order valence-electron chi connectivity index (χ1n) is 7.76. The normalized spacial score (nSPS) is 13.9. The van der Waals surface area contributed by atoms with Gasteiger partial charge in [0.05, 0.1) is 18.8 Å². The monoisotopic (exact) mass is 311 g/mol. The highest BCUT2D eigenvalue weighted by Crippen LogP contribution is 2.18. The van der Waals surface area contributed by atoms with E-state index in [0.717, 1.165) is 17.7 Å². The molecule has 1 N–H and O–H groups in total. The highest BCUT2D eigenvalue weighted by Gasteiger charge is 2.17. The first-order chi connectivity index (χ1) is 11.1. The maximum atomic E-state index is 5.39. The number of hydrogen-bond donors (Lipinski definition) is 1. The average Bonchev–Trinajstić information content (AvgIpc) is 3.17. The number of nitrogens with one attached hydrogen (secondary N) is 1. The van der Waals surface area contributed by atoms with E-state index in [-0.39, 0.29) is 12.1 Å². The van der Waals surface area contributed by atoms with Gasteiger partial charge in [-0.15, -0.1) is 0 Å². The number of aromatic nitrogens is 4. The number of hydrogen-bond acceptors (Lipinski definition) is 5. The Bertz CT molecular complexity index is 749. The topological polar surface area (TPSA) is 68.8 Å². The Kier molecular flexibility index (Phi) is 4.52. The minimum atomic E-state index is -0.0216. The maximum Gasteiger partial charge on any atom is 0.243 e. The number of benzene rings is 1. The van der Waals surface area contributed by atoms with E-state index in [2.05, 4.69) is 27.5 Å². The largest absolute Gasteiger partial charge is 0.337 e. The van der Waals surface area contributed by atoms with Gasteiger partial charge in [-0.05, 0) is 26.3 Å². The van der Waals surface area contributed by atoms with Gasteiger partial charge >= 0.3 is 0 Å². The highest BCUT2D eigenvalue weighted by atomic mass is 16.5. The van der Waals surface area contributed by atoms with Crippen LogP contribution in [0.3, 0.4) is 0 Å². The smallest absolute Gasteiger partial charge is 0.243 e. The lowest BCUT2D eigenvalue weighted by Gasteiger charge is -2.17. The van der Waals surface area contributed by atoms with Gasteiger partial charge < -0.3 is 9.84 Å². The molecule has 2 heterocycles. The van der Waals surface area contributed by atoms with Crippen LogP contribution in [0.4, 0.5) is 0 Å². The summed E-state index contributed by atoms with van der Waals surface area (Å²) in [5.74, 6) is 1.21. The zero-order valence-corrected chi connectivity index (χ0v) is 13.6. The van der Waals surface area contributed by atoms with Crippen LogP contribution in [0, 0.1) is 6.92 Å². The van der Waals surface area contributed by atoms with Crippen LogP contribution in [0.15, 0.2) is 47.2 Å². The Labute approximate surface area is 135 Å². The summed E-state index contributed by atoms with van der Waals surface area (Å²) >= 11 is 0. The molecule has 0 bridgehead atoms. The second kappa shape index (κ2) is 6.75. The first kappa shape index (κ1) is 15.4. The van der Waals surface area contributed by atoms with E-state index in [0.29, 0.717) is 11.7 Å². The van der Waals surface area contributed by atoms with Gasteiger partial charge in [-0.1, -0.05) is 35.5 Å². The van der Waals surface area contributed by atoms with Crippen molar-refractivity contribution in [2.45, 2.75) is 39.4 Å². The zero-order valence-electron chi connectivity index (χ0n) is 13.6. The Hall–Kier alpha value is -2.47. The van der Waals surface area contributed by atoms with Gasteiger partial charge in [-0.3, -0.25) is 4.68 Å². The summed E-state index contributed by atoms with van der Waals surface area (Å²) in [5, 5.41) is 11.8. The molecule has 0 fully saturated rings. The molecular weight excluding hydrogens is 290 g/mol. The van der Waals surface area contributed by atoms with Crippen molar-refractivity contribution in [1.29, 1.82) is 0 Å². The molecule has 0 saturated carbocycles. The van der Waals surface area contributed by atoms with Gasteiger partial charge in [0.15, 0.2) is 0 Å². The van der Waals surface area contributed by atoms with E-state index >= 15 is 0 Å². The van der Waals surface area contributed by atoms with Crippen LogP contribution in [0.5, 0.6) is 0 Å². The summed E-state index contributed by atoms with van der Waals surface area (Å²) in [5.41, 5.74) is 2.12. The van der Waals surface area contributed by atoms with E-state index in [1.165, 1.54) is 0 Å². The fourth-order valence-electron chi connectivity index (χ4n) is 2.51. The summed E-state index contributed by atoms with van der Waals surface area (Å²) in [6.07, 6.45) is 3.89. The van der Waals surface area contributed by atoms with Crippen LogP contribution in [0.1, 0.15) is 31.3 Å². The number of nitrogens with zero attached hydrogens (tertiary/aromatic N) is 4. The van der Waals surface area contributed by atoms with Gasteiger partial charge in [-0.25, -0.2) is 0 Å². The third-order valence-corrected chi connectivity index (χ3v) is 3.60. The lowest BCUT2D eigenvalue weighted by Crippen LogP contribution is -2.33.